The SMILES string of the molecule is COc1cccc2c1CCN(CC#N)C2=O. The van der Waals surface area contributed by atoms with Crippen LogP contribution >= 0.6 is 0 Å². The van der Waals surface area contributed by atoms with Crippen LogP contribution in [0.25, 0.3) is 0 Å². The number of benzene rings is 1. The summed E-state index contributed by atoms with van der Waals surface area (Å²) < 4.78 is 5.22. The predicted octanol–water partition coefficient (Wildman–Crippen LogP) is 1.22. The maximum Gasteiger partial charge on any atom is 0.255 e. The van der Waals surface area contributed by atoms with Crippen molar-refractivity contribution < 1.29 is 9.53 Å². The molecule has 82 valence electrons. The van der Waals surface area contributed by atoms with Crippen molar-refractivity contribution in [3.8, 4) is 11.8 Å². The zero-order chi connectivity index (χ0) is 11.5. The molecular weight excluding hydrogens is 204 g/mol. The van der Waals surface area contributed by atoms with Crippen LogP contribution in [0.15, 0.2) is 18.2 Å². The van der Waals surface area contributed by atoms with Gasteiger partial charge in [0.15, 0.2) is 0 Å². The van der Waals surface area contributed by atoms with Gasteiger partial charge in [0, 0.05) is 17.7 Å². The number of nitriles is 1. The summed E-state index contributed by atoms with van der Waals surface area (Å²) in [6, 6.07) is 7.43. The van der Waals surface area contributed by atoms with Crippen LogP contribution in [-0.4, -0.2) is 31.0 Å². The van der Waals surface area contributed by atoms with Crippen LogP contribution in [0.1, 0.15) is 15.9 Å². The average molecular weight is 216 g/mol. The number of carbonyl (C=O) groups is 1. The molecule has 1 aliphatic rings. The molecule has 0 bridgehead atoms. The normalized spacial score (nSPS) is 14.2. The fraction of sp³-hybridized carbons (Fsp3) is 0.333. The summed E-state index contributed by atoms with van der Waals surface area (Å²) in [5.41, 5.74) is 1.60. The molecule has 0 aliphatic carbocycles. The highest BCUT2D eigenvalue weighted by molar-refractivity contribution is 5.97. The van der Waals surface area contributed by atoms with Crippen molar-refractivity contribution in [3.63, 3.8) is 0 Å². The summed E-state index contributed by atoms with van der Waals surface area (Å²) in [4.78, 5) is 13.6. The molecule has 4 nitrogen and oxygen atoms in total. The Balaban J connectivity index is 2.39. The summed E-state index contributed by atoms with van der Waals surface area (Å²) >= 11 is 0. The second kappa shape index (κ2) is 4.23. The molecule has 0 spiro atoms. The number of fused-ring (bicyclic) bond motifs is 1. The first-order valence-electron chi connectivity index (χ1n) is 5.10. The van der Waals surface area contributed by atoms with E-state index >= 15 is 0 Å². The van der Waals surface area contributed by atoms with E-state index < -0.39 is 0 Å². The molecule has 16 heavy (non-hydrogen) atoms. The number of amides is 1. The smallest absolute Gasteiger partial charge is 0.255 e. The molecule has 0 aromatic heterocycles. The van der Waals surface area contributed by atoms with Crippen LogP contribution in [0.4, 0.5) is 0 Å². The van der Waals surface area contributed by atoms with Gasteiger partial charge in [0.05, 0.1) is 13.2 Å². The lowest BCUT2D eigenvalue weighted by molar-refractivity contribution is 0.0760. The first-order valence-corrected chi connectivity index (χ1v) is 5.10. The van der Waals surface area contributed by atoms with Crippen LogP contribution < -0.4 is 4.74 Å². The molecule has 0 N–H and O–H groups in total. The predicted molar refractivity (Wildman–Crippen MR) is 58.2 cm³/mol. The first kappa shape index (κ1) is 10.5. The van der Waals surface area contributed by atoms with E-state index in [1.807, 2.05) is 12.1 Å². The summed E-state index contributed by atoms with van der Waals surface area (Å²) in [7, 11) is 1.60. The average Bonchev–Trinajstić information content (AvgIpc) is 2.32. The van der Waals surface area contributed by atoms with E-state index in [-0.39, 0.29) is 12.5 Å². The lowest BCUT2D eigenvalue weighted by Crippen LogP contribution is -2.37. The van der Waals surface area contributed by atoms with Gasteiger partial charge in [0.2, 0.25) is 0 Å². The van der Waals surface area contributed by atoms with Crippen LogP contribution in [-0.2, 0) is 6.42 Å². The molecule has 2 rings (SSSR count). The van der Waals surface area contributed by atoms with Crippen molar-refractivity contribution in [3.05, 3.63) is 29.3 Å². The minimum atomic E-state index is -0.0818. The number of rotatable bonds is 2. The molecule has 0 fully saturated rings. The minimum Gasteiger partial charge on any atom is -0.496 e. The number of nitrogens with zero attached hydrogens (tertiary/aromatic N) is 2. The second-order valence-electron chi connectivity index (χ2n) is 3.62. The fourth-order valence-electron chi connectivity index (χ4n) is 1.97. The number of ether oxygens (including phenoxy) is 1. The number of methoxy groups -OCH3 is 1. The molecule has 4 heteroatoms. The number of hydrogen-bond donors (Lipinski definition) is 0. The third-order valence-corrected chi connectivity index (χ3v) is 2.76. The van der Waals surface area contributed by atoms with Crippen molar-refractivity contribution in [1.29, 1.82) is 5.26 Å². The highest BCUT2D eigenvalue weighted by Gasteiger charge is 2.25. The standard InChI is InChI=1S/C12H12N2O2/c1-16-11-4-2-3-10-9(11)5-7-14(8-6-13)12(10)15/h2-4H,5,7-8H2,1H3. The number of hydrogen-bond acceptors (Lipinski definition) is 3. The zero-order valence-electron chi connectivity index (χ0n) is 9.06. The van der Waals surface area contributed by atoms with Crippen LogP contribution in [0.3, 0.4) is 0 Å². The Morgan fingerprint density at radius 3 is 3.06 bits per heavy atom. The molecule has 0 saturated carbocycles. The maximum atomic E-state index is 12.0. The van der Waals surface area contributed by atoms with Crippen molar-refractivity contribution in [2.45, 2.75) is 6.42 Å². The van der Waals surface area contributed by atoms with E-state index in [0.29, 0.717) is 12.1 Å². The Morgan fingerprint density at radius 2 is 2.38 bits per heavy atom. The Morgan fingerprint density at radius 1 is 1.56 bits per heavy atom. The largest absolute Gasteiger partial charge is 0.496 e. The third-order valence-electron chi connectivity index (χ3n) is 2.76. The van der Waals surface area contributed by atoms with Gasteiger partial charge < -0.3 is 9.64 Å². The van der Waals surface area contributed by atoms with Crippen LogP contribution in [0.2, 0.25) is 0 Å². The van der Waals surface area contributed by atoms with Gasteiger partial charge in [-0.15, -0.1) is 0 Å². The molecule has 1 aromatic rings. The van der Waals surface area contributed by atoms with E-state index in [1.165, 1.54) is 0 Å². The Bertz CT molecular complexity index is 463. The van der Waals surface area contributed by atoms with E-state index in [0.717, 1.165) is 17.7 Å². The first-order chi connectivity index (χ1) is 7.77. The van der Waals surface area contributed by atoms with E-state index in [1.54, 1.807) is 24.1 Å². The van der Waals surface area contributed by atoms with Gasteiger partial charge >= 0.3 is 0 Å². The lowest BCUT2D eigenvalue weighted by Gasteiger charge is -2.27. The quantitative estimate of drug-likeness (QED) is 0.698. The van der Waals surface area contributed by atoms with Crippen molar-refractivity contribution in [2.24, 2.45) is 0 Å². The molecule has 1 aliphatic heterocycles. The molecule has 1 amide bonds. The van der Waals surface area contributed by atoms with Crippen molar-refractivity contribution in [2.75, 3.05) is 20.2 Å². The molecule has 0 radical (unpaired) electrons. The molecule has 0 atom stereocenters. The van der Waals surface area contributed by atoms with Gasteiger partial charge in [0.25, 0.3) is 5.91 Å². The summed E-state index contributed by atoms with van der Waals surface area (Å²) in [6.07, 6.45) is 0.743. The van der Waals surface area contributed by atoms with Gasteiger partial charge in [-0.3, -0.25) is 4.79 Å². The molecule has 1 heterocycles. The Labute approximate surface area is 94.0 Å². The minimum absolute atomic E-state index is 0.0818. The topological polar surface area (TPSA) is 53.3 Å². The van der Waals surface area contributed by atoms with Crippen molar-refractivity contribution in [1.82, 2.24) is 4.90 Å². The highest BCUT2D eigenvalue weighted by atomic mass is 16.5. The molecular formula is C12H12N2O2. The summed E-state index contributed by atoms with van der Waals surface area (Å²) in [6.45, 7) is 0.731. The fourth-order valence-corrected chi connectivity index (χ4v) is 1.97. The molecule has 1 aromatic carbocycles. The Kier molecular flexibility index (Phi) is 2.78. The molecule has 0 unspecified atom stereocenters. The zero-order valence-corrected chi connectivity index (χ0v) is 9.06. The summed E-state index contributed by atoms with van der Waals surface area (Å²) in [5.74, 6) is 0.671. The van der Waals surface area contributed by atoms with E-state index in [9.17, 15) is 4.79 Å². The van der Waals surface area contributed by atoms with Crippen LogP contribution in [0, 0.1) is 11.3 Å². The van der Waals surface area contributed by atoms with Gasteiger partial charge in [-0.2, -0.15) is 5.26 Å². The van der Waals surface area contributed by atoms with E-state index in [4.69, 9.17) is 10.00 Å². The van der Waals surface area contributed by atoms with Gasteiger partial charge in [0.1, 0.15) is 12.3 Å². The third kappa shape index (κ3) is 1.61. The molecule has 0 saturated heterocycles. The lowest BCUT2D eigenvalue weighted by atomic mass is 9.98. The van der Waals surface area contributed by atoms with Gasteiger partial charge in [-0.25, -0.2) is 0 Å². The Hall–Kier alpha value is -2.02. The van der Waals surface area contributed by atoms with Gasteiger partial charge in [-0.1, -0.05) is 6.07 Å². The second-order valence-corrected chi connectivity index (χ2v) is 3.62. The van der Waals surface area contributed by atoms with E-state index in [2.05, 4.69) is 0 Å². The van der Waals surface area contributed by atoms with Crippen molar-refractivity contribution >= 4 is 5.91 Å². The summed E-state index contributed by atoms with van der Waals surface area (Å²) in [5, 5.41) is 8.62. The van der Waals surface area contributed by atoms with Gasteiger partial charge in [-0.05, 0) is 18.6 Å². The van der Waals surface area contributed by atoms with Crippen LogP contribution in [0.5, 0.6) is 5.75 Å². The highest BCUT2D eigenvalue weighted by Crippen LogP contribution is 2.27. The maximum absolute atomic E-state index is 12.0. The monoisotopic (exact) mass is 216 g/mol. The number of carbonyl (C=O) groups excluding carboxylic acids is 1.